The quantitative estimate of drug-likeness (QED) is 0.852. The van der Waals surface area contributed by atoms with Crippen LogP contribution in [0.15, 0.2) is 12.4 Å². The lowest BCUT2D eigenvalue weighted by Gasteiger charge is -2.24. The van der Waals surface area contributed by atoms with Crippen LogP contribution in [0.4, 0.5) is 5.69 Å². The van der Waals surface area contributed by atoms with E-state index in [-0.39, 0.29) is 0 Å². The molecule has 0 aliphatic carbocycles. The Morgan fingerprint density at radius 2 is 2.44 bits per heavy atom. The van der Waals surface area contributed by atoms with Gasteiger partial charge in [-0.2, -0.15) is 5.10 Å². The first-order valence-electron chi connectivity index (χ1n) is 6.83. The molecule has 5 heteroatoms. The molecule has 0 radical (unpaired) electrons. The van der Waals surface area contributed by atoms with Gasteiger partial charge in [0.1, 0.15) is 0 Å². The maximum Gasteiger partial charge on any atom is 0.0753 e. The molecule has 1 aromatic heterocycles. The third-order valence-electron chi connectivity index (χ3n) is 3.48. The standard InChI is InChI=1S/C13H24N4O/c1-3-12-10-16(6-4-5-14-12)13-9-15-17(11-13)7-8-18-2/h9,11-12,14H,3-8,10H2,1-2H3. The fourth-order valence-corrected chi connectivity index (χ4v) is 2.33. The van der Waals surface area contributed by atoms with Crippen molar-refractivity contribution >= 4 is 5.69 Å². The van der Waals surface area contributed by atoms with Gasteiger partial charge in [-0.05, 0) is 19.4 Å². The summed E-state index contributed by atoms with van der Waals surface area (Å²) < 4.78 is 7.03. The highest BCUT2D eigenvalue weighted by Gasteiger charge is 2.17. The monoisotopic (exact) mass is 252 g/mol. The van der Waals surface area contributed by atoms with Crippen molar-refractivity contribution in [3.05, 3.63) is 12.4 Å². The van der Waals surface area contributed by atoms with Crippen LogP contribution in [0.2, 0.25) is 0 Å². The zero-order valence-corrected chi connectivity index (χ0v) is 11.4. The first-order chi connectivity index (χ1) is 8.83. The van der Waals surface area contributed by atoms with Crippen LogP contribution in [0.3, 0.4) is 0 Å². The van der Waals surface area contributed by atoms with Crippen LogP contribution in [0.25, 0.3) is 0 Å². The minimum absolute atomic E-state index is 0.592. The molecule has 102 valence electrons. The molecule has 1 N–H and O–H groups in total. The number of methoxy groups -OCH3 is 1. The molecule has 0 bridgehead atoms. The molecule has 1 aliphatic heterocycles. The number of nitrogens with zero attached hydrogens (tertiary/aromatic N) is 3. The normalized spacial score (nSPS) is 21.0. The molecular weight excluding hydrogens is 228 g/mol. The Kier molecular flexibility index (Phi) is 5.01. The SMILES string of the molecule is CCC1CN(c2cnn(CCOC)c2)CCCN1. The van der Waals surface area contributed by atoms with Gasteiger partial charge in [0.05, 0.1) is 25.0 Å². The van der Waals surface area contributed by atoms with Crippen LogP contribution in [-0.4, -0.2) is 49.2 Å². The van der Waals surface area contributed by atoms with Crippen molar-refractivity contribution in [3.8, 4) is 0 Å². The van der Waals surface area contributed by atoms with E-state index in [1.165, 1.54) is 18.5 Å². The average molecular weight is 252 g/mol. The Balaban J connectivity index is 1.98. The van der Waals surface area contributed by atoms with Crippen LogP contribution >= 0.6 is 0 Å². The van der Waals surface area contributed by atoms with Crippen LogP contribution in [-0.2, 0) is 11.3 Å². The second-order valence-corrected chi connectivity index (χ2v) is 4.81. The fourth-order valence-electron chi connectivity index (χ4n) is 2.33. The number of aromatic nitrogens is 2. The zero-order valence-electron chi connectivity index (χ0n) is 11.4. The number of anilines is 1. The molecule has 0 aromatic carbocycles. The Morgan fingerprint density at radius 1 is 1.56 bits per heavy atom. The summed E-state index contributed by atoms with van der Waals surface area (Å²) in [6, 6.07) is 0.592. The van der Waals surface area contributed by atoms with E-state index in [9.17, 15) is 0 Å². The molecule has 1 atom stereocenters. The van der Waals surface area contributed by atoms with Crippen molar-refractivity contribution in [2.45, 2.75) is 32.4 Å². The van der Waals surface area contributed by atoms with Gasteiger partial charge in [-0.1, -0.05) is 6.92 Å². The van der Waals surface area contributed by atoms with Gasteiger partial charge in [-0.3, -0.25) is 4.68 Å². The van der Waals surface area contributed by atoms with E-state index in [0.29, 0.717) is 12.6 Å². The van der Waals surface area contributed by atoms with Crippen LogP contribution in [0, 0.1) is 0 Å². The summed E-state index contributed by atoms with van der Waals surface area (Å²) in [5, 5.41) is 7.97. The minimum Gasteiger partial charge on any atom is -0.383 e. The van der Waals surface area contributed by atoms with Crippen LogP contribution in [0.5, 0.6) is 0 Å². The molecule has 1 fully saturated rings. The van der Waals surface area contributed by atoms with Gasteiger partial charge < -0.3 is 15.0 Å². The lowest BCUT2D eigenvalue weighted by atomic mass is 10.2. The summed E-state index contributed by atoms with van der Waals surface area (Å²) in [4.78, 5) is 2.43. The predicted molar refractivity (Wildman–Crippen MR) is 73.0 cm³/mol. The number of rotatable bonds is 5. The second-order valence-electron chi connectivity index (χ2n) is 4.81. The second kappa shape index (κ2) is 6.75. The highest BCUT2D eigenvalue weighted by Crippen LogP contribution is 2.16. The maximum atomic E-state index is 5.07. The molecule has 0 saturated carbocycles. The largest absolute Gasteiger partial charge is 0.383 e. The van der Waals surface area contributed by atoms with Crippen molar-refractivity contribution in [1.29, 1.82) is 0 Å². The number of hydrogen-bond donors (Lipinski definition) is 1. The number of hydrogen-bond acceptors (Lipinski definition) is 4. The van der Waals surface area contributed by atoms with Crippen molar-refractivity contribution in [1.82, 2.24) is 15.1 Å². The first kappa shape index (κ1) is 13.4. The Bertz CT molecular complexity index is 353. The van der Waals surface area contributed by atoms with Gasteiger partial charge in [0.25, 0.3) is 0 Å². The fraction of sp³-hybridized carbons (Fsp3) is 0.769. The highest BCUT2D eigenvalue weighted by molar-refractivity contribution is 5.42. The van der Waals surface area contributed by atoms with Crippen LogP contribution in [0.1, 0.15) is 19.8 Å². The van der Waals surface area contributed by atoms with E-state index in [4.69, 9.17) is 4.74 Å². The van der Waals surface area contributed by atoms with Gasteiger partial charge in [0.2, 0.25) is 0 Å². The van der Waals surface area contributed by atoms with E-state index in [0.717, 1.165) is 26.2 Å². The molecule has 1 aromatic rings. The zero-order chi connectivity index (χ0) is 12.8. The van der Waals surface area contributed by atoms with Crippen molar-refractivity contribution in [3.63, 3.8) is 0 Å². The third kappa shape index (κ3) is 3.46. The topological polar surface area (TPSA) is 42.3 Å². The Hall–Kier alpha value is -1.07. The maximum absolute atomic E-state index is 5.07. The van der Waals surface area contributed by atoms with Crippen molar-refractivity contribution in [2.75, 3.05) is 38.3 Å². The van der Waals surface area contributed by atoms with Gasteiger partial charge in [-0.15, -0.1) is 0 Å². The minimum atomic E-state index is 0.592. The molecule has 1 aliphatic rings. The Morgan fingerprint density at radius 3 is 3.22 bits per heavy atom. The van der Waals surface area contributed by atoms with E-state index < -0.39 is 0 Å². The molecule has 0 amide bonds. The summed E-state index contributed by atoms with van der Waals surface area (Å²) in [6.45, 7) is 7.07. The van der Waals surface area contributed by atoms with Gasteiger partial charge >= 0.3 is 0 Å². The highest BCUT2D eigenvalue weighted by atomic mass is 16.5. The molecule has 2 heterocycles. The molecule has 0 spiro atoms. The number of ether oxygens (including phenoxy) is 1. The molecule has 1 unspecified atom stereocenters. The van der Waals surface area contributed by atoms with Gasteiger partial charge in [0.15, 0.2) is 0 Å². The summed E-state index contributed by atoms with van der Waals surface area (Å²) in [6.07, 6.45) is 6.46. The molecule has 18 heavy (non-hydrogen) atoms. The number of nitrogens with one attached hydrogen (secondary N) is 1. The lowest BCUT2D eigenvalue weighted by molar-refractivity contribution is 0.183. The molecule has 2 rings (SSSR count). The van der Waals surface area contributed by atoms with Gasteiger partial charge in [-0.25, -0.2) is 0 Å². The predicted octanol–water partition coefficient (Wildman–Crippen LogP) is 1.11. The summed E-state index contributed by atoms with van der Waals surface area (Å²) in [7, 11) is 1.72. The van der Waals surface area contributed by atoms with E-state index in [1.807, 2.05) is 10.9 Å². The van der Waals surface area contributed by atoms with Gasteiger partial charge in [0, 0.05) is 32.4 Å². The van der Waals surface area contributed by atoms with Crippen molar-refractivity contribution in [2.24, 2.45) is 0 Å². The van der Waals surface area contributed by atoms with E-state index in [2.05, 4.69) is 28.4 Å². The summed E-state index contributed by atoms with van der Waals surface area (Å²) in [5.74, 6) is 0. The molecule has 5 nitrogen and oxygen atoms in total. The third-order valence-corrected chi connectivity index (χ3v) is 3.48. The van der Waals surface area contributed by atoms with E-state index >= 15 is 0 Å². The van der Waals surface area contributed by atoms with E-state index in [1.54, 1.807) is 7.11 Å². The molecular formula is C13H24N4O. The summed E-state index contributed by atoms with van der Waals surface area (Å²) in [5.41, 5.74) is 1.23. The smallest absolute Gasteiger partial charge is 0.0753 e. The first-order valence-corrected chi connectivity index (χ1v) is 6.83. The molecule has 1 saturated heterocycles. The average Bonchev–Trinajstić information content (AvgIpc) is 2.73. The van der Waals surface area contributed by atoms with Crippen LogP contribution < -0.4 is 10.2 Å². The Labute approximate surface area is 109 Å². The summed E-state index contributed by atoms with van der Waals surface area (Å²) >= 11 is 0. The lowest BCUT2D eigenvalue weighted by Crippen LogP contribution is -2.37. The van der Waals surface area contributed by atoms with Crippen molar-refractivity contribution < 1.29 is 4.74 Å².